The Kier molecular flexibility index (Phi) is 4.44. The number of carbonyl (C=O) groups excluding carboxylic acids is 2. The summed E-state index contributed by atoms with van der Waals surface area (Å²) in [5, 5.41) is 0. The molecule has 4 atom stereocenters. The number of fused-ring (bicyclic) bond motifs is 1. The van der Waals surface area contributed by atoms with Crippen LogP contribution in [-0.2, 0) is 16.1 Å². The largest absolute Gasteiger partial charge is 0.288 e. The van der Waals surface area contributed by atoms with Gasteiger partial charge in [-0.2, -0.15) is 0 Å². The molecule has 2 saturated heterocycles. The molecule has 0 saturated carbocycles. The molecule has 0 bridgehead atoms. The first-order valence-electron chi connectivity index (χ1n) is 9.38. The first-order chi connectivity index (χ1) is 13.0. The van der Waals surface area contributed by atoms with E-state index in [2.05, 4.69) is 30.5 Å². The minimum Gasteiger partial charge on any atom is -0.288 e. The van der Waals surface area contributed by atoms with Crippen LogP contribution in [-0.4, -0.2) is 28.8 Å². The summed E-state index contributed by atoms with van der Waals surface area (Å²) in [5.74, 6) is -0.894. The molecule has 2 aromatic carbocycles. The molecule has 138 valence electrons. The van der Waals surface area contributed by atoms with E-state index in [4.69, 9.17) is 0 Å². The van der Waals surface area contributed by atoms with E-state index in [-0.39, 0.29) is 35.7 Å². The molecule has 0 aromatic heterocycles. The fraction of sp³-hybridized carbons (Fsp3) is 0.304. The highest BCUT2D eigenvalue weighted by Gasteiger charge is 2.60. The third-order valence-corrected chi connectivity index (χ3v) is 5.87. The summed E-state index contributed by atoms with van der Waals surface area (Å²) in [5.41, 5.74) is 2.76. The lowest BCUT2D eigenvalue weighted by molar-refractivity contribution is -0.123. The predicted octanol–water partition coefficient (Wildman–Crippen LogP) is 3.64. The van der Waals surface area contributed by atoms with Crippen molar-refractivity contribution < 1.29 is 9.59 Å². The van der Waals surface area contributed by atoms with Gasteiger partial charge >= 0.3 is 0 Å². The molecule has 2 aromatic rings. The predicted molar refractivity (Wildman–Crippen MR) is 106 cm³/mol. The van der Waals surface area contributed by atoms with Crippen molar-refractivity contribution >= 4 is 17.5 Å². The normalized spacial score (nSPS) is 27.9. The topological polar surface area (TPSA) is 40.6 Å². The van der Waals surface area contributed by atoms with Crippen molar-refractivity contribution in [2.24, 2.45) is 11.8 Å². The molecule has 0 aliphatic carbocycles. The highest BCUT2D eigenvalue weighted by Crippen LogP contribution is 2.46. The number of carbonyl (C=O) groups is 2. The molecule has 0 N–H and O–H groups in total. The molecule has 27 heavy (non-hydrogen) atoms. The number of rotatable bonds is 4. The molecule has 2 amide bonds. The Morgan fingerprint density at radius 3 is 2.07 bits per heavy atom. The number of anilines is 1. The van der Waals surface area contributed by atoms with Gasteiger partial charge in [0, 0.05) is 18.6 Å². The fourth-order valence-electron chi connectivity index (χ4n) is 4.68. The Morgan fingerprint density at radius 2 is 1.48 bits per heavy atom. The number of likely N-dealkylation sites (tertiary alicyclic amines) is 1. The Morgan fingerprint density at radius 1 is 0.926 bits per heavy atom. The van der Waals surface area contributed by atoms with Crippen LogP contribution >= 0.6 is 0 Å². The lowest BCUT2D eigenvalue weighted by Gasteiger charge is -2.32. The van der Waals surface area contributed by atoms with Crippen LogP contribution in [0.15, 0.2) is 72.8 Å². The summed E-state index contributed by atoms with van der Waals surface area (Å²) in [6.07, 6.45) is 0. The van der Waals surface area contributed by atoms with Gasteiger partial charge in [0.2, 0.25) is 11.8 Å². The molecule has 4 rings (SSSR count). The molecule has 0 radical (unpaired) electrons. The van der Waals surface area contributed by atoms with Gasteiger partial charge in [-0.25, -0.2) is 4.90 Å². The monoisotopic (exact) mass is 360 g/mol. The number of hydrogen-bond acceptors (Lipinski definition) is 3. The zero-order valence-electron chi connectivity index (χ0n) is 15.7. The van der Waals surface area contributed by atoms with Crippen molar-refractivity contribution in [2.45, 2.75) is 32.5 Å². The van der Waals surface area contributed by atoms with Crippen LogP contribution in [0.4, 0.5) is 5.69 Å². The van der Waals surface area contributed by atoms with Crippen LogP contribution in [0.5, 0.6) is 0 Å². The number of nitrogens with zero attached hydrogens (tertiary/aromatic N) is 2. The summed E-state index contributed by atoms with van der Waals surface area (Å²) in [7, 11) is 0. The maximum absolute atomic E-state index is 13.3. The first-order valence-corrected chi connectivity index (χ1v) is 9.38. The number of benzene rings is 2. The number of amides is 2. The molecule has 4 heteroatoms. The third-order valence-electron chi connectivity index (χ3n) is 5.87. The van der Waals surface area contributed by atoms with E-state index in [1.165, 1.54) is 10.5 Å². The molecule has 2 heterocycles. The van der Waals surface area contributed by atoms with Gasteiger partial charge in [0.15, 0.2) is 0 Å². The zero-order valence-corrected chi connectivity index (χ0v) is 15.7. The van der Waals surface area contributed by atoms with E-state index in [0.29, 0.717) is 12.2 Å². The number of hydrogen-bond donors (Lipinski definition) is 0. The van der Waals surface area contributed by atoms with Crippen molar-refractivity contribution in [3.8, 4) is 0 Å². The van der Waals surface area contributed by atoms with Crippen LogP contribution in [0.25, 0.3) is 0 Å². The number of imide groups is 1. The lowest BCUT2D eigenvalue weighted by atomic mass is 9.87. The Balaban J connectivity index is 1.70. The van der Waals surface area contributed by atoms with E-state index in [0.717, 1.165) is 5.57 Å². The molecule has 4 nitrogen and oxygen atoms in total. The van der Waals surface area contributed by atoms with Crippen LogP contribution in [0.1, 0.15) is 19.4 Å². The van der Waals surface area contributed by atoms with E-state index in [9.17, 15) is 9.59 Å². The average Bonchev–Trinajstić information content (AvgIpc) is 3.09. The van der Waals surface area contributed by atoms with Crippen molar-refractivity contribution in [2.75, 3.05) is 4.90 Å². The summed E-state index contributed by atoms with van der Waals surface area (Å²) >= 11 is 0. The van der Waals surface area contributed by atoms with E-state index < -0.39 is 0 Å². The second-order valence-corrected chi connectivity index (χ2v) is 7.59. The van der Waals surface area contributed by atoms with E-state index in [1.807, 2.05) is 55.5 Å². The second kappa shape index (κ2) is 6.78. The molecule has 0 spiro atoms. The highest BCUT2D eigenvalue weighted by molar-refractivity contribution is 6.23. The Labute approximate surface area is 160 Å². The molecule has 2 aliphatic heterocycles. The maximum atomic E-state index is 13.3. The molecule has 2 fully saturated rings. The molecular formula is C23H24N2O2. The molecule has 2 aliphatic rings. The van der Waals surface area contributed by atoms with Gasteiger partial charge in [-0.1, -0.05) is 60.7 Å². The van der Waals surface area contributed by atoms with E-state index >= 15 is 0 Å². The first kappa shape index (κ1) is 17.7. The van der Waals surface area contributed by atoms with Crippen molar-refractivity contribution in [3.05, 3.63) is 78.4 Å². The minimum absolute atomic E-state index is 0.0259. The lowest BCUT2D eigenvalue weighted by Crippen LogP contribution is -2.44. The SMILES string of the molecule is C=C(C)C1C2C(=O)N(c3ccccc3)C(=O)C2C(C)N1Cc1ccccc1. The van der Waals surface area contributed by atoms with E-state index in [1.54, 1.807) is 0 Å². The van der Waals surface area contributed by atoms with Gasteiger partial charge in [-0.15, -0.1) is 0 Å². The van der Waals surface area contributed by atoms with Crippen LogP contribution in [0, 0.1) is 11.8 Å². The quantitative estimate of drug-likeness (QED) is 0.617. The van der Waals surface area contributed by atoms with Gasteiger partial charge in [-0.3, -0.25) is 14.5 Å². The summed E-state index contributed by atoms with van der Waals surface area (Å²) in [6, 6.07) is 19.3. The average molecular weight is 360 g/mol. The van der Waals surface area contributed by atoms with Gasteiger partial charge in [-0.05, 0) is 31.5 Å². The van der Waals surface area contributed by atoms with Crippen molar-refractivity contribution in [3.63, 3.8) is 0 Å². The van der Waals surface area contributed by atoms with Crippen molar-refractivity contribution in [1.29, 1.82) is 0 Å². The second-order valence-electron chi connectivity index (χ2n) is 7.59. The smallest absolute Gasteiger partial charge is 0.239 e. The van der Waals surface area contributed by atoms with Crippen LogP contribution in [0.3, 0.4) is 0 Å². The van der Waals surface area contributed by atoms with Crippen LogP contribution in [0.2, 0.25) is 0 Å². The van der Waals surface area contributed by atoms with Crippen molar-refractivity contribution in [1.82, 2.24) is 4.90 Å². The summed E-state index contributed by atoms with van der Waals surface area (Å²) in [6.45, 7) is 8.88. The van der Waals surface area contributed by atoms with Gasteiger partial charge in [0.1, 0.15) is 0 Å². The third kappa shape index (κ3) is 2.81. The highest BCUT2D eigenvalue weighted by atomic mass is 16.2. The standard InChI is InChI=1S/C23H24N2O2/c1-15(2)21-20-19(16(3)24(21)14-17-10-6-4-7-11-17)22(26)25(23(20)27)18-12-8-5-9-13-18/h4-13,16,19-21H,1,14H2,2-3H3. The minimum atomic E-state index is -0.367. The summed E-state index contributed by atoms with van der Waals surface area (Å²) < 4.78 is 0. The summed E-state index contributed by atoms with van der Waals surface area (Å²) in [4.78, 5) is 30.2. The Hall–Kier alpha value is -2.72. The zero-order chi connectivity index (χ0) is 19.1. The molecular weight excluding hydrogens is 336 g/mol. The molecule has 4 unspecified atom stereocenters. The van der Waals surface area contributed by atoms with Gasteiger partial charge in [0.05, 0.1) is 17.5 Å². The van der Waals surface area contributed by atoms with Gasteiger partial charge in [0.25, 0.3) is 0 Å². The number of para-hydroxylation sites is 1. The Bertz CT molecular complexity index is 878. The van der Waals surface area contributed by atoms with Gasteiger partial charge < -0.3 is 0 Å². The van der Waals surface area contributed by atoms with Crippen LogP contribution < -0.4 is 4.90 Å². The fourth-order valence-corrected chi connectivity index (χ4v) is 4.68. The maximum Gasteiger partial charge on any atom is 0.239 e.